The van der Waals surface area contributed by atoms with Crippen molar-refractivity contribution in [1.82, 2.24) is 9.62 Å². The Morgan fingerprint density at radius 3 is 2.43 bits per heavy atom. The summed E-state index contributed by atoms with van der Waals surface area (Å²) in [6.07, 6.45) is 1.82. The number of halogens is 1. The molecule has 2 atom stereocenters. The molecule has 9 heteroatoms. The average molecular weight is 524 g/mol. The van der Waals surface area contributed by atoms with E-state index in [2.05, 4.69) is 33.0 Å². The number of hydrogen-bond acceptors (Lipinski definition) is 6. The number of benzene rings is 2. The lowest BCUT2D eigenvalue weighted by atomic mass is 9.97. The van der Waals surface area contributed by atoms with Gasteiger partial charge in [-0.25, -0.2) is 13.3 Å². The van der Waals surface area contributed by atoms with E-state index in [0.717, 1.165) is 36.3 Å². The number of carbonyl (C=O) groups is 1. The van der Waals surface area contributed by atoms with Gasteiger partial charge in [0.1, 0.15) is 5.82 Å². The van der Waals surface area contributed by atoms with Gasteiger partial charge in [-0.05, 0) is 69.1 Å². The van der Waals surface area contributed by atoms with Crippen molar-refractivity contribution >= 4 is 38.4 Å². The Labute approximate surface area is 219 Å². The van der Waals surface area contributed by atoms with Crippen molar-refractivity contribution in [2.45, 2.75) is 24.7 Å². The number of Topliss-reactive ketones (excluding diaryl/α,β-unsaturated/α-hetero) is 1. The number of rotatable bonds is 7. The molecule has 196 valence electrons. The topological polar surface area (TPSA) is 79.7 Å². The zero-order chi connectivity index (χ0) is 26.7. The van der Waals surface area contributed by atoms with Crippen LogP contribution in [0.15, 0.2) is 47.9 Å². The number of ketones is 1. The van der Waals surface area contributed by atoms with Crippen LogP contribution in [0.25, 0.3) is 5.70 Å². The number of nitriles is 1. The van der Waals surface area contributed by atoms with Gasteiger partial charge in [0.05, 0.1) is 27.4 Å². The average Bonchev–Trinajstić information content (AvgIpc) is 2.92. The molecule has 0 aromatic heterocycles. The molecule has 2 aliphatic heterocycles. The lowest BCUT2D eigenvalue weighted by Crippen LogP contribution is -2.46. The second kappa shape index (κ2) is 11.0. The van der Waals surface area contributed by atoms with Gasteiger partial charge >= 0.3 is 0 Å². The zero-order valence-corrected chi connectivity index (χ0v) is 22.3. The molecule has 2 unspecified atom stereocenters. The first-order valence-electron chi connectivity index (χ1n) is 12.5. The van der Waals surface area contributed by atoms with E-state index in [1.54, 1.807) is 19.2 Å². The van der Waals surface area contributed by atoms with Crippen molar-refractivity contribution in [2.24, 2.45) is 5.92 Å². The first-order chi connectivity index (χ1) is 17.6. The minimum atomic E-state index is -2.66. The van der Waals surface area contributed by atoms with Crippen LogP contribution in [0.2, 0.25) is 0 Å². The third-order valence-corrected chi connectivity index (χ3v) is 8.97. The molecule has 1 N–H and O–H groups in total. The Morgan fingerprint density at radius 2 is 1.81 bits per heavy atom. The maximum absolute atomic E-state index is 14.7. The quantitative estimate of drug-likeness (QED) is 0.440. The van der Waals surface area contributed by atoms with Gasteiger partial charge in [0, 0.05) is 66.7 Å². The molecule has 0 radical (unpaired) electrons. The van der Waals surface area contributed by atoms with Crippen LogP contribution in [0, 0.1) is 23.1 Å². The highest BCUT2D eigenvalue weighted by Crippen LogP contribution is 2.34. The smallest absolute Gasteiger partial charge is 0.159 e. The maximum atomic E-state index is 14.7. The predicted molar refractivity (Wildman–Crippen MR) is 149 cm³/mol. The summed E-state index contributed by atoms with van der Waals surface area (Å²) in [4.78, 5) is 18.5. The molecule has 0 saturated carbocycles. The zero-order valence-electron chi connectivity index (χ0n) is 21.5. The van der Waals surface area contributed by atoms with Crippen LogP contribution in [-0.2, 0) is 9.71 Å². The van der Waals surface area contributed by atoms with E-state index in [9.17, 15) is 18.7 Å². The summed E-state index contributed by atoms with van der Waals surface area (Å²) in [6.45, 7) is 9.76. The monoisotopic (exact) mass is 523 g/mol. The Hall–Kier alpha value is -3.35. The predicted octanol–water partition coefficient (Wildman–Crippen LogP) is 3.77. The molecule has 2 saturated heterocycles. The van der Waals surface area contributed by atoms with Crippen molar-refractivity contribution in [3.05, 3.63) is 59.9 Å². The first-order valence-corrected chi connectivity index (χ1v) is 14.2. The van der Waals surface area contributed by atoms with Crippen LogP contribution in [0.4, 0.5) is 15.8 Å². The highest BCUT2D eigenvalue weighted by atomic mass is 32.2. The molecule has 2 aliphatic rings. The molecule has 4 rings (SSSR count). The van der Waals surface area contributed by atoms with Gasteiger partial charge in [0.15, 0.2) is 5.78 Å². The SMILES string of the molecule is C=C(c1cc(S(=C)(=O)NC)ccc1N1CCCC(C#N)C1)N1CCN(c2ccc(C(C)=O)cc2F)CC1. The molecular weight excluding hydrogens is 489 g/mol. The second-order valence-corrected chi connectivity index (χ2v) is 11.8. The van der Waals surface area contributed by atoms with E-state index in [0.29, 0.717) is 48.9 Å². The number of anilines is 2. The van der Waals surface area contributed by atoms with Crippen molar-refractivity contribution in [1.29, 1.82) is 5.26 Å². The fourth-order valence-corrected chi connectivity index (χ4v) is 5.85. The van der Waals surface area contributed by atoms with Gasteiger partial charge in [-0.2, -0.15) is 5.26 Å². The molecule has 7 nitrogen and oxygen atoms in total. The molecule has 37 heavy (non-hydrogen) atoms. The van der Waals surface area contributed by atoms with Crippen LogP contribution >= 0.6 is 0 Å². The van der Waals surface area contributed by atoms with Crippen LogP contribution < -0.4 is 14.5 Å². The van der Waals surface area contributed by atoms with Gasteiger partial charge < -0.3 is 14.7 Å². The summed E-state index contributed by atoms with van der Waals surface area (Å²) < 4.78 is 30.6. The Kier molecular flexibility index (Phi) is 7.90. The van der Waals surface area contributed by atoms with Gasteiger partial charge in [0.25, 0.3) is 0 Å². The van der Waals surface area contributed by atoms with E-state index in [1.807, 2.05) is 23.1 Å². The van der Waals surface area contributed by atoms with Crippen molar-refractivity contribution < 1.29 is 13.4 Å². The molecule has 0 spiro atoms. The minimum absolute atomic E-state index is 0.0308. The number of piperazine rings is 1. The minimum Gasteiger partial charge on any atom is -0.370 e. The summed E-state index contributed by atoms with van der Waals surface area (Å²) >= 11 is 0. The molecule has 0 amide bonds. The normalized spacial score (nSPS) is 19.7. The number of piperidine rings is 1. The van der Waals surface area contributed by atoms with Crippen LogP contribution in [0.5, 0.6) is 0 Å². The number of nitrogens with zero attached hydrogens (tertiary/aromatic N) is 4. The second-order valence-electron chi connectivity index (χ2n) is 9.62. The standard InChI is InChI=1S/C28H34FN5O2S/c1-20(32-12-14-33(15-13-32)28-9-7-23(21(2)35)16-26(28)29)25-17-24(37(4,36)31-3)8-10-27(25)34-11-5-6-22(18-30)19-34/h7-10,16-17,22H,1,4-6,11-15,19H2,2-3H3,(H,31,36). The van der Waals surface area contributed by atoms with Gasteiger partial charge in [-0.15, -0.1) is 0 Å². The summed E-state index contributed by atoms with van der Waals surface area (Å²) in [5, 5.41) is 9.50. The number of hydrogen-bond donors (Lipinski definition) is 1. The lowest BCUT2D eigenvalue weighted by Gasteiger charge is -2.40. The highest BCUT2D eigenvalue weighted by molar-refractivity contribution is 7.98. The maximum Gasteiger partial charge on any atom is 0.159 e. The third kappa shape index (κ3) is 5.65. The number of carbonyl (C=O) groups excluding carboxylic acids is 1. The van der Waals surface area contributed by atoms with Crippen molar-refractivity contribution in [3.8, 4) is 6.07 Å². The molecule has 0 bridgehead atoms. The van der Waals surface area contributed by atoms with Crippen molar-refractivity contribution in [2.75, 3.05) is 56.1 Å². The van der Waals surface area contributed by atoms with Gasteiger partial charge in [0.2, 0.25) is 0 Å². The van der Waals surface area contributed by atoms with E-state index in [1.165, 1.54) is 13.0 Å². The molecule has 2 fully saturated rings. The lowest BCUT2D eigenvalue weighted by molar-refractivity contribution is 0.101. The van der Waals surface area contributed by atoms with Crippen LogP contribution in [-0.4, -0.2) is 67.1 Å². The van der Waals surface area contributed by atoms with Crippen LogP contribution in [0.1, 0.15) is 35.7 Å². The summed E-state index contributed by atoms with van der Waals surface area (Å²) in [7, 11) is -1.04. The fourth-order valence-electron chi connectivity index (χ4n) is 5.02. The van der Waals surface area contributed by atoms with E-state index >= 15 is 0 Å². The van der Waals surface area contributed by atoms with Gasteiger partial charge in [-0.1, -0.05) is 6.58 Å². The number of nitrogens with one attached hydrogen (secondary N) is 1. The molecule has 2 heterocycles. The largest absolute Gasteiger partial charge is 0.370 e. The summed E-state index contributed by atoms with van der Waals surface area (Å²) in [6, 6.07) is 12.7. The molecule has 2 aromatic carbocycles. The van der Waals surface area contributed by atoms with Crippen LogP contribution in [0.3, 0.4) is 0 Å². The molecular formula is C28H34FN5O2S. The highest BCUT2D eigenvalue weighted by Gasteiger charge is 2.26. The summed E-state index contributed by atoms with van der Waals surface area (Å²) in [5.74, 6) is 3.27. The van der Waals surface area contributed by atoms with E-state index in [4.69, 9.17) is 0 Å². The Balaban J connectivity index is 1.58. The molecule has 0 aliphatic carbocycles. The Bertz CT molecular complexity index is 1340. The summed E-state index contributed by atoms with van der Waals surface area (Å²) in [5.41, 5.74) is 3.48. The van der Waals surface area contributed by atoms with E-state index < -0.39 is 15.5 Å². The van der Waals surface area contributed by atoms with Gasteiger partial charge in [-0.3, -0.25) is 4.79 Å². The first kappa shape index (κ1) is 26.7. The van der Waals surface area contributed by atoms with E-state index in [-0.39, 0.29) is 11.7 Å². The fraction of sp³-hybridized carbons (Fsp3) is 0.393. The third-order valence-electron chi connectivity index (χ3n) is 7.29. The van der Waals surface area contributed by atoms with Crippen molar-refractivity contribution in [3.63, 3.8) is 0 Å². The Morgan fingerprint density at radius 1 is 1.11 bits per heavy atom. The molecule has 2 aromatic rings.